The molecule has 0 bridgehead atoms. The van der Waals surface area contributed by atoms with Gasteiger partial charge in [-0.1, -0.05) is 6.07 Å². The lowest BCUT2D eigenvalue weighted by Gasteiger charge is -1.89. The number of hydrogen-bond donors (Lipinski definition) is 2. The average molecular weight is 270 g/mol. The van der Waals surface area contributed by atoms with Crippen LogP contribution >= 0.6 is 11.3 Å². The van der Waals surface area contributed by atoms with Crippen LogP contribution in [0, 0.1) is 0 Å². The summed E-state index contributed by atoms with van der Waals surface area (Å²) in [6, 6.07) is 6.32. The number of aromatic amines is 1. The Balaban J connectivity index is 0.000000188. The summed E-state index contributed by atoms with van der Waals surface area (Å²) in [6.45, 7) is 0. The van der Waals surface area contributed by atoms with E-state index in [-0.39, 0.29) is 0 Å². The van der Waals surface area contributed by atoms with Crippen LogP contribution < -0.4 is 0 Å². The van der Waals surface area contributed by atoms with Crippen LogP contribution in [0.15, 0.2) is 29.8 Å². The number of nitrogens with one attached hydrogen (secondary N) is 1. The van der Waals surface area contributed by atoms with Gasteiger partial charge in [0.15, 0.2) is 0 Å². The Bertz CT molecular complexity index is 685. The summed E-state index contributed by atoms with van der Waals surface area (Å²) < 4.78 is 27.2. The van der Waals surface area contributed by atoms with Crippen molar-refractivity contribution in [3.63, 3.8) is 0 Å². The Morgan fingerprint density at radius 3 is 2.76 bits per heavy atom. The number of fused-ring (bicyclic) bond motifs is 3. The van der Waals surface area contributed by atoms with E-state index in [0.717, 1.165) is 5.52 Å². The van der Waals surface area contributed by atoms with Gasteiger partial charge < -0.3 is 0 Å². The lowest BCUT2D eigenvalue weighted by atomic mass is 10.2. The van der Waals surface area contributed by atoms with E-state index in [0.29, 0.717) is 6.26 Å². The van der Waals surface area contributed by atoms with Gasteiger partial charge in [-0.15, -0.1) is 11.3 Å². The minimum Gasteiger partial charge on any atom is -0.286 e. The molecule has 0 aliphatic carbocycles. The normalized spacial score (nSPS) is 11.4. The summed E-state index contributed by atoms with van der Waals surface area (Å²) in [6.07, 6.45) is 2.60. The molecule has 0 fully saturated rings. The molecule has 0 atom stereocenters. The number of nitrogens with zero attached hydrogens (tertiary/aromatic N) is 1. The third-order valence-corrected chi connectivity index (χ3v) is 3.00. The van der Waals surface area contributed by atoms with Gasteiger partial charge in [-0.3, -0.25) is 9.65 Å². The van der Waals surface area contributed by atoms with Crippen molar-refractivity contribution in [3.05, 3.63) is 29.8 Å². The zero-order valence-electron chi connectivity index (χ0n) is 8.91. The van der Waals surface area contributed by atoms with Crippen LogP contribution in [0.4, 0.5) is 0 Å². The van der Waals surface area contributed by atoms with Gasteiger partial charge in [0, 0.05) is 10.1 Å². The molecule has 0 spiro atoms. The van der Waals surface area contributed by atoms with E-state index < -0.39 is 10.1 Å². The maximum atomic E-state index is 9.19. The molecule has 0 amide bonds. The molecule has 3 rings (SSSR count). The molecule has 17 heavy (non-hydrogen) atoms. The van der Waals surface area contributed by atoms with Crippen LogP contribution in [0.2, 0.25) is 0 Å². The first-order valence-electron chi connectivity index (χ1n) is 4.67. The molecule has 2 N–H and O–H groups in total. The van der Waals surface area contributed by atoms with E-state index in [4.69, 9.17) is 4.55 Å². The molecule has 0 saturated heterocycles. The summed E-state index contributed by atoms with van der Waals surface area (Å²) in [7, 11) is -3.67. The predicted octanol–water partition coefficient (Wildman–Crippen LogP) is 2.28. The highest BCUT2D eigenvalue weighted by atomic mass is 32.2. The number of thiophene rings is 1. The molecule has 2 heterocycles. The number of hydrogen-bond acceptors (Lipinski definition) is 4. The molecule has 0 aliphatic heterocycles. The molecule has 0 unspecified atom stereocenters. The minimum absolute atomic E-state index is 0.715. The third-order valence-electron chi connectivity index (χ3n) is 2.04. The van der Waals surface area contributed by atoms with Crippen molar-refractivity contribution in [3.8, 4) is 0 Å². The molecule has 0 saturated carbocycles. The summed E-state index contributed by atoms with van der Waals surface area (Å²) in [5.41, 5.74) is 1.12. The quantitative estimate of drug-likeness (QED) is 0.614. The van der Waals surface area contributed by atoms with Gasteiger partial charge in [-0.25, -0.2) is 0 Å². The molecule has 7 heteroatoms. The van der Waals surface area contributed by atoms with E-state index in [1.54, 1.807) is 11.3 Å². The van der Waals surface area contributed by atoms with E-state index in [2.05, 4.69) is 33.8 Å². The average Bonchev–Trinajstić information content (AvgIpc) is 2.82. The fourth-order valence-electron chi connectivity index (χ4n) is 1.45. The smallest absolute Gasteiger partial charge is 0.261 e. The van der Waals surface area contributed by atoms with Gasteiger partial charge in [0.25, 0.3) is 10.1 Å². The van der Waals surface area contributed by atoms with E-state index >= 15 is 0 Å². The SMILES string of the molecule is CS(=O)(=O)O.c1cc2ccc3[nH]ncc3c2s1. The number of H-pyrrole nitrogens is 1. The lowest BCUT2D eigenvalue weighted by molar-refractivity contribution is 0.490. The zero-order chi connectivity index (χ0) is 12.5. The van der Waals surface area contributed by atoms with Crippen LogP contribution in [0.5, 0.6) is 0 Å². The number of aromatic nitrogens is 2. The van der Waals surface area contributed by atoms with Crippen molar-refractivity contribution in [1.29, 1.82) is 0 Å². The first-order chi connectivity index (χ1) is 7.95. The van der Waals surface area contributed by atoms with Gasteiger partial charge in [0.1, 0.15) is 0 Å². The summed E-state index contributed by atoms with van der Waals surface area (Å²) >= 11 is 1.76. The van der Waals surface area contributed by atoms with Crippen LogP contribution in [0.1, 0.15) is 0 Å². The van der Waals surface area contributed by atoms with Crippen LogP contribution in [-0.4, -0.2) is 29.4 Å². The first-order valence-corrected chi connectivity index (χ1v) is 7.40. The van der Waals surface area contributed by atoms with Crippen molar-refractivity contribution >= 4 is 42.4 Å². The summed E-state index contributed by atoms with van der Waals surface area (Å²) in [5.74, 6) is 0. The third kappa shape index (κ3) is 3.02. The summed E-state index contributed by atoms with van der Waals surface area (Å²) in [4.78, 5) is 0. The standard InChI is InChI=1S/C9H6N2S.CH4O3S/c1-2-8-7(5-10-11-8)9-6(1)3-4-12-9;1-5(2,3)4/h1-5H,(H,10,11);1H3,(H,2,3,4). The van der Waals surface area contributed by atoms with Crippen LogP contribution in [0.3, 0.4) is 0 Å². The number of rotatable bonds is 0. The van der Waals surface area contributed by atoms with Gasteiger partial charge in [-0.2, -0.15) is 13.5 Å². The molecule has 5 nitrogen and oxygen atoms in total. The molecular formula is C10H10N2O3S2. The largest absolute Gasteiger partial charge is 0.286 e. The maximum absolute atomic E-state index is 9.19. The Kier molecular flexibility index (Phi) is 3.14. The molecule has 1 aromatic carbocycles. The Hall–Kier alpha value is -1.44. The van der Waals surface area contributed by atoms with Crippen molar-refractivity contribution < 1.29 is 13.0 Å². The Morgan fingerprint density at radius 2 is 2.06 bits per heavy atom. The lowest BCUT2D eigenvalue weighted by Crippen LogP contribution is -1.88. The van der Waals surface area contributed by atoms with Crippen LogP contribution in [0.25, 0.3) is 21.0 Å². The molecule has 0 radical (unpaired) electrons. The topological polar surface area (TPSA) is 83.0 Å². The molecule has 3 aromatic rings. The second kappa shape index (κ2) is 4.44. The first kappa shape index (κ1) is 12.0. The van der Waals surface area contributed by atoms with Crippen LogP contribution in [-0.2, 0) is 10.1 Å². The number of benzene rings is 1. The monoisotopic (exact) mass is 270 g/mol. The molecular weight excluding hydrogens is 260 g/mol. The Morgan fingerprint density at radius 1 is 1.35 bits per heavy atom. The van der Waals surface area contributed by atoms with Crippen molar-refractivity contribution in [2.45, 2.75) is 0 Å². The fourth-order valence-corrected chi connectivity index (χ4v) is 2.36. The molecule has 90 valence electrons. The van der Waals surface area contributed by atoms with Gasteiger partial charge in [0.05, 0.1) is 18.0 Å². The Labute approximate surface area is 102 Å². The molecule has 0 aliphatic rings. The van der Waals surface area contributed by atoms with Crippen molar-refractivity contribution in [2.75, 3.05) is 6.26 Å². The highest BCUT2D eigenvalue weighted by Gasteiger charge is 2.01. The van der Waals surface area contributed by atoms with E-state index in [9.17, 15) is 8.42 Å². The van der Waals surface area contributed by atoms with Gasteiger partial charge in [-0.05, 0) is 22.9 Å². The summed E-state index contributed by atoms with van der Waals surface area (Å²) in [5, 5.41) is 11.6. The van der Waals surface area contributed by atoms with Gasteiger partial charge >= 0.3 is 0 Å². The predicted molar refractivity (Wildman–Crippen MR) is 68.9 cm³/mol. The second-order valence-corrected chi connectivity index (χ2v) is 5.85. The van der Waals surface area contributed by atoms with Crippen molar-refractivity contribution in [1.82, 2.24) is 10.2 Å². The molecule has 2 aromatic heterocycles. The van der Waals surface area contributed by atoms with E-state index in [1.165, 1.54) is 15.5 Å². The highest BCUT2D eigenvalue weighted by molar-refractivity contribution is 7.85. The zero-order valence-corrected chi connectivity index (χ0v) is 10.5. The maximum Gasteiger partial charge on any atom is 0.261 e. The second-order valence-electron chi connectivity index (χ2n) is 3.47. The van der Waals surface area contributed by atoms with Gasteiger partial charge in [0.2, 0.25) is 0 Å². The highest BCUT2D eigenvalue weighted by Crippen LogP contribution is 2.27. The van der Waals surface area contributed by atoms with Crippen molar-refractivity contribution in [2.24, 2.45) is 0 Å². The minimum atomic E-state index is -3.67. The van der Waals surface area contributed by atoms with E-state index in [1.807, 2.05) is 6.20 Å². The fraction of sp³-hybridized carbons (Fsp3) is 0.100.